The van der Waals surface area contributed by atoms with Crippen LogP contribution >= 0.6 is 23.2 Å². The van der Waals surface area contributed by atoms with Crippen molar-refractivity contribution < 1.29 is 28.6 Å². The fourth-order valence-corrected chi connectivity index (χ4v) is 5.62. The molecule has 1 atom stereocenters. The summed E-state index contributed by atoms with van der Waals surface area (Å²) in [6.07, 6.45) is 0. The Morgan fingerprint density at radius 3 is 2.31 bits per heavy atom. The number of hydrogen-bond donors (Lipinski definition) is 1. The number of aliphatic hydroxyl groups excluding tert-OH is 1. The molecule has 1 aliphatic heterocycles. The zero-order chi connectivity index (χ0) is 27.8. The van der Waals surface area contributed by atoms with Gasteiger partial charge in [-0.3, -0.25) is 9.59 Å². The van der Waals surface area contributed by atoms with Gasteiger partial charge in [-0.25, -0.2) is 4.39 Å². The van der Waals surface area contributed by atoms with Crippen LogP contribution in [-0.2, 0) is 16.1 Å². The van der Waals surface area contributed by atoms with E-state index in [1.54, 1.807) is 18.2 Å². The highest BCUT2D eigenvalue weighted by Crippen LogP contribution is 2.48. The molecule has 9 heteroatoms. The van der Waals surface area contributed by atoms with Crippen molar-refractivity contribution in [3.63, 3.8) is 0 Å². The average molecular weight is 566 g/mol. The molecule has 1 fully saturated rings. The molecule has 4 aromatic rings. The number of methoxy groups -OCH3 is 2. The molecule has 6 nitrogen and oxygen atoms in total. The molecule has 1 saturated heterocycles. The summed E-state index contributed by atoms with van der Waals surface area (Å²) < 4.78 is 24.3. The van der Waals surface area contributed by atoms with Crippen molar-refractivity contribution >= 4 is 51.4 Å². The Labute approximate surface area is 233 Å². The molecule has 1 aliphatic rings. The molecule has 198 valence electrons. The van der Waals surface area contributed by atoms with Crippen LogP contribution in [-0.4, -0.2) is 35.9 Å². The number of ether oxygens (including phenoxy) is 2. The third kappa shape index (κ3) is 4.58. The fourth-order valence-electron chi connectivity index (χ4n) is 4.93. The molecule has 0 aromatic heterocycles. The molecule has 4 aromatic carbocycles. The van der Waals surface area contributed by atoms with Gasteiger partial charge in [-0.05, 0) is 40.1 Å². The lowest BCUT2D eigenvalue weighted by Crippen LogP contribution is -2.29. The molecule has 1 amide bonds. The summed E-state index contributed by atoms with van der Waals surface area (Å²) in [5.74, 6) is -2.48. The van der Waals surface area contributed by atoms with E-state index in [0.717, 1.165) is 10.8 Å². The van der Waals surface area contributed by atoms with Crippen LogP contribution in [0, 0.1) is 5.82 Å². The number of ketones is 1. The van der Waals surface area contributed by atoms with Crippen LogP contribution in [0.3, 0.4) is 0 Å². The number of carbonyl (C=O) groups excluding carboxylic acids is 2. The molecule has 0 saturated carbocycles. The molecule has 0 bridgehead atoms. The van der Waals surface area contributed by atoms with E-state index in [2.05, 4.69) is 0 Å². The molecule has 0 radical (unpaired) electrons. The maximum Gasteiger partial charge on any atom is 0.295 e. The SMILES string of the molecule is COc1c(Cl)cc(/C(O)=C2\C(=O)C(=O)N(Cc3ccc(F)cc3)C2c2cccc3ccccc23)c(OC)c1Cl. The molecular formula is C30H22Cl2FNO5. The normalized spacial score (nSPS) is 16.6. The molecule has 1 heterocycles. The summed E-state index contributed by atoms with van der Waals surface area (Å²) in [4.78, 5) is 28.4. The smallest absolute Gasteiger partial charge is 0.295 e. The molecule has 5 rings (SSSR count). The first-order valence-electron chi connectivity index (χ1n) is 11.9. The van der Waals surface area contributed by atoms with Crippen LogP contribution in [0.25, 0.3) is 16.5 Å². The summed E-state index contributed by atoms with van der Waals surface area (Å²) in [6, 6.07) is 19.1. The number of benzene rings is 4. The Hall–Kier alpha value is -4.07. The molecule has 0 spiro atoms. The number of rotatable bonds is 6. The van der Waals surface area contributed by atoms with Crippen molar-refractivity contribution in [2.75, 3.05) is 14.2 Å². The van der Waals surface area contributed by atoms with Crippen molar-refractivity contribution in [3.05, 3.63) is 111 Å². The zero-order valence-electron chi connectivity index (χ0n) is 20.9. The van der Waals surface area contributed by atoms with E-state index in [9.17, 15) is 19.1 Å². The van der Waals surface area contributed by atoms with Gasteiger partial charge in [-0.2, -0.15) is 0 Å². The number of amides is 1. The quantitative estimate of drug-likeness (QED) is 0.156. The minimum atomic E-state index is -0.981. The van der Waals surface area contributed by atoms with Crippen LogP contribution in [0.1, 0.15) is 22.7 Å². The Morgan fingerprint density at radius 1 is 0.949 bits per heavy atom. The van der Waals surface area contributed by atoms with Crippen LogP contribution in [0.5, 0.6) is 11.5 Å². The number of hydrogen-bond acceptors (Lipinski definition) is 5. The fraction of sp³-hybridized carbons (Fsp3) is 0.133. The maximum absolute atomic E-state index is 13.6. The highest BCUT2D eigenvalue weighted by Gasteiger charge is 2.47. The molecular weight excluding hydrogens is 544 g/mol. The van der Waals surface area contributed by atoms with Crippen LogP contribution in [0.4, 0.5) is 4.39 Å². The third-order valence-electron chi connectivity index (χ3n) is 6.72. The number of carbonyl (C=O) groups is 2. The number of Topliss-reactive ketones (excluding diaryl/α,β-unsaturated/α-hetero) is 1. The van der Waals surface area contributed by atoms with Gasteiger partial charge in [0, 0.05) is 6.54 Å². The predicted octanol–water partition coefficient (Wildman–Crippen LogP) is 6.92. The van der Waals surface area contributed by atoms with Gasteiger partial charge in [0.05, 0.1) is 36.4 Å². The van der Waals surface area contributed by atoms with Crippen LogP contribution in [0.15, 0.2) is 78.4 Å². The largest absolute Gasteiger partial charge is 0.507 e. The average Bonchev–Trinajstić information content (AvgIpc) is 3.18. The van der Waals surface area contributed by atoms with E-state index >= 15 is 0 Å². The second kappa shape index (κ2) is 10.6. The maximum atomic E-state index is 13.6. The minimum absolute atomic E-state index is 0.00319. The van der Waals surface area contributed by atoms with Gasteiger partial charge in [-0.15, -0.1) is 0 Å². The van der Waals surface area contributed by atoms with E-state index < -0.39 is 29.3 Å². The van der Waals surface area contributed by atoms with Gasteiger partial charge < -0.3 is 19.5 Å². The van der Waals surface area contributed by atoms with E-state index in [-0.39, 0.29) is 39.2 Å². The highest BCUT2D eigenvalue weighted by atomic mass is 35.5. The Morgan fingerprint density at radius 2 is 1.62 bits per heavy atom. The van der Waals surface area contributed by atoms with Crippen LogP contribution in [0.2, 0.25) is 10.0 Å². The van der Waals surface area contributed by atoms with E-state index in [1.807, 2.05) is 36.4 Å². The Kier molecular flexibility index (Phi) is 7.21. The first-order chi connectivity index (χ1) is 18.8. The number of aliphatic hydroxyl groups is 1. The lowest BCUT2D eigenvalue weighted by molar-refractivity contribution is -0.140. The standard InChI is InChI=1S/C30H22Cl2FNO5/c1-38-28-21(14-22(31)29(39-2)24(28)32)26(35)23-25(20-9-5-7-17-6-3-4-8-19(17)20)34(30(37)27(23)36)15-16-10-12-18(33)13-11-16/h3-14,25,35H,15H2,1-2H3/b26-23+. The number of nitrogens with zero attached hydrogens (tertiary/aromatic N) is 1. The Bertz CT molecular complexity index is 1650. The monoisotopic (exact) mass is 565 g/mol. The lowest BCUT2D eigenvalue weighted by Gasteiger charge is -2.27. The molecule has 1 unspecified atom stereocenters. The number of fused-ring (bicyclic) bond motifs is 1. The van der Waals surface area contributed by atoms with Crippen molar-refractivity contribution in [2.24, 2.45) is 0 Å². The van der Waals surface area contributed by atoms with Gasteiger partial charge >= 0.3 is 0 Å². The Balaban J connectivity index is 1.78. The van der Waals surface area contributed by atoms with Crippen molar-refractivity contribution in [1.29, 1.82) is 0 Å². The highest BCUT2D eigenvalue weighted by molar-refractivity contribution is 6.47. The van der Waals surface area contributed by atoms with E-state index in [1.165, 1.54) is 37.3 Å². The second-order valence-corrected chi connectivity index (χ2v) is 9.69. The summed E-state index contributed by atoms with van der Waals surface area (Å²) >= 11 is 12.8. The van der Waals surface area contributed by atoms with Crippen molar-refractivity contribution in [1.82, 2.24) is 4.90 Å². The van der Waals surface area contributed by atoms with Gasteiger partial charge in [0.2, 0.25) is 0 Å². The minimum Gasteiger partial charge on any atom is -0.507 e. The molecule has 1 N–H and O–H groups in total. The van der Waals surface area contributed by atoms with Crippen molar-refractivity contribution in [2.45, 2.75) is 12.6 Å². The van der Waals surface area contributed by atoms with Crippen LogP contribution < -0.4 is 9.47 Å². The van der Waals surface area contributed by atoms with Crippen molar-refractivity contribution in [3.8, 4) is 11.5 Å². The first-order valence-corrected chi connectivity index (χ1v) is 12.6. The lowest BCUT2D eigenvalue weighted by atomic mass is 9.91. The van der Waals surface area contributed by atoms with E-state index in [0.29, 0.717) is 11.1 Å². The summed E-state index contributed by atoms with van der Waals surface area (Å²) in [5.41, 5.74) is 1.10. The summed E-state index contributed by atoms with van der Waals surface area (Å²) in [7, 11) is 2.73. The summed E-state index contributed by atoms with van der Waals surface area (Å²) in [5, 5.41) is 13.4. The third-order valence-corrected chi connectivity index (χ3v) is 7.34. The van der Waals surface area contributed by atoms with Gasteiger partial charge in [0.25, 0.3) is 11.7 Å². The summed E-state index contributed by atoms with van der Waals surface area (Å²) in [6.45, 7) is -0.00319. The van der Waals surface area contributed by atoms with E-state index in [4.69, 9.17) is 32.7 Å². The van der Waals surface area contributed by atoms with Gasteiger partial charge in [0.1, 0.15) is 16.6 Å². The van der Waals surface area contributed by atoms with Gasteiger partial charge in [0.15, 0.2) is 11.5 Å². The van der Waals surface area contributed by atoms with Gasteiger partial charge in [-0.1, -0.05) is 77.8 Å². The first kappa shape index (κ1) is 26.5. The number of likely N-dealkylation sites (tertiary alicyclic amines) is 1. The number of halogens is 3. The molecule has 39 heavy (non-hydrogen) atoms. The second-order valence-electron chi connectivity index (χ2n) is 8.91. The molecule has 0 aliphatic carbocycles. The predicted molar refractivity (Wildman–Crippen MR) is 148 cm³/mol. The topological polar surface area (TPSA) is 76.1 Å². The zero-order valence-corrected chi connectivity index (χ0v) is 22.4.